The van der Waals surface area contributed by atoms with E-state index in [1.54, 1.807) is 21.2 Å². The smallest absolute Gasteiger partial charge is 0.250 e. The minimum atomic E-state index is 0.0490. The molecule has 1 aliphatic rings. The van der Waals surface area contributed by atoms with Crippen molar-refractivity contribution in [3.63, 3.8) is 0 Å². The van der Waals surface area contributed by atoms with E-state index in [4.69, 9.17) is 0 Å². The van der Waals surface area contributed by atoms with Gasteiger partial charge in [0.15, 0.2) is 11.5 Å². The summed E-state index contributed by atoms with van der Waals surface area (Å²) >= 11 is 0. The summed E-state index contributed by atoms with van der Waals surface area (Å²) in [7, 11) is 2.11. The molecule has 0 aromatic carbocycles. The molecule has 25 heavy (non-hydrogen) atoms. The first-order chi connectivity index (χ1) is 12.1. The van der Waals surface area contributed by atoms with Crippen molar-refractivity contribution in [1.82, 2.24) is 29.3 Å². The Labute approximate surface area is 145 Å². The van der Waals surface area contributed by atoms with Gasteiger partial charge in [-0.3, -0.25) is 9.69 Å². The number of hydrogen-bond acceptors (Lipinski definition) is 6. The highest BCUT2D eigenvalue weighted by Gasteiger charge is 2.31. The Kier molecular flexibility index (Phi) is 3.96. The molecule has 0 N–H and O–H groups in total. The monoisotopic (exact) mass is 339 g/mol. The molecule has 1 aliphatic heterocycles. The van der Waals surface area contributed by atoms with Crippen molar-refractivity contribution >= 4 is 11.5 Å². The number of anilines is 1. The predicted molar refractivity (Wildman–Crippen MR) is 94.9 cm³/mol. The molecule has 4 rings (SSSR count). The van der Waals surface area contributed by atoms with E-state index in [2.05, 4.69) is 32.1 Å². The van der Waals surface area contributed by atoms with Crippen LogP contribution in [0.3, 0.4) is 0 Å². The summed E-state index contributed by atoms with van der Waals surface area (Å²) in [6.07, 6.45) is 1.84. The highest BCUT2D eigenvalue weighted by molar-refractivity contribution is 5.47. The number of likely N-dealkylation sites (N-methyl/N-ethyl adjacent to an activating group) is 1. The molecule has 0 radical (unpaired) electrons. The molecular weight excluding hydrogens is 318 g/mol. The summed E-state index contributed by atoms with van der Waals surface area (Å²) in [4.78, 5) is 16.3. The summed E-state index contributed by atoms with van der Waals surface area (Å²) < 4.78 is 3.52. The topological polar surface area (TPSA) is 71.6 Å². The number of pyridine rings is 1. The van der Waals surface area contributed by atoms with Crippen LogP contribution in [0.15, 0.2) is 41.3 Å². The van der Waals surface area contributed by atoms with Crippen molar-refractivity contribution in [2.45, 2.75) is 19.5 Å². The zero-order valence-electron chi connectivity index (χ0n) is 14.4. The Morgan fingerprint density at radius 1 is 1.20 bits per heavy atom. The van der Waals surface area contributed by atoms with Crippen LogP contribution in [0.4, 0.5) is 5.82 Å². The van der Waals surface area contributed by atoms with Crippen LogP contribution in [0.25, 0.3) is 5.65 Å². The first-order valence-electron chi connectivity index (χ1n) is 8.41. The van der Waals surface area contributed by atoms with E-state index in [0.29, 0.717) is 12.6 Å². The molecule has 0 atom stereocenters. The van der Waals surface area contributed by atoms with Gasteiger partial charge < -0.3 is 9.47 Å². The second-order valence-corrected chi connectivity index (χ2v) is 6.48. The summed E-state index contributed by atoms with van der Waals surface area (Å²) in [5.74, 6) is 1.73. The summed E-state index contributed by atoms with van der Waals surface area (Å²) in [5.41, 5.74) is 0.816. The molecule has 8 heteroatoms. The van der Waals surface area contributed by atoms with Crippen molar-refractivity contribution < 1.29 is 0 Å². The van der Waals surface area contributed by atoms with Crippen LogP contribution in [0, 0.1) is 6.92 Å². The van der Waals surface area contributed by atoms with Crippen LogP contribution in [-0.2, 0) is 6.54 Å². The fraction of sp³-hybridized carbons (Fsp3) is 0.412. The van der Waals surface area contributed by atoms with E-state index in [9.17, 15) is 4.79 Å². The molecule has 0 aliphatic carbocycles. The summed E-state index contributed by atoms with van der Waals surface area (Å²) in [5, 5.41) is 12.7. The van der Waals surface area contributed by atoms with Crippen molar-refractivity contribution in [1.29, 1.82) is 0 Å². The lowest BCUT2D eigenvalue weighted by Crippen LogP contribution is -2.59. The first kappa shape index (κ1) is 15.8. The second kappa shape index (κ2) is 6.29. The lowest BCUT2D eigenvalue weighted by Gasteiger charge is -2.44. The number of aromatic nitrogens is 5. The molecule has 1 saturated heterocycles. The molecule has 0 bridgehead atoms. The Hall–Kier alpha value is -2.74. The summed E-state index contributed by atoms with van der Waals surface area (Å²) in [6, 6.07) is 9.66. The fourth-order valence-corrected chi connectivity index (χ4v) is 3.07. The van der Waals surface area contributed by atoms with Gasteiger partial charge in [-0.1, -0.05) is 6.07 Å². The van der Waals surface area contributed by atoms with Gasteiger partial charge in [0.05, 0.1) is 0 Å². The van der Waals surface area contributed by atoms with E-state index in [-0.39, 0.29) is 5.56 Å². The molecule has 3 aromatic rings. The number of nitrogens with zero attached hydrogens (tertiary/aromatic N) is 7. The van der Waals surface area contributed by atoms with Crippen LogP contribution in [-0.4, -0.2) is 62.0 Å². The van der Waals surface area contributed by atoms with Crippen LogP contribution in [0.5, 0.6) is 0 Å². The van der Waals surface area contributed by atoms with Gasteiger partial charge in [0.1, 0.15) is 5.82 Å². The molecule has 0 spiro atoms. The average Bonchev–Trinajstić information content (AvgIpc) is 2.94. The lowest BCUT2D eigenvalue weighted by molar-refractivity contribution is 0.197. The van der Waals surface area contributed by atoms with Crippen molar-refractivity contribution in [3.8, 4) is 0 Å². The van der Waals surface area contributed by atoms with Crippen LogP contribution >= 0.6 is 0 Å². The third-order valence-corrected chi connectivity index (χ3v) is 4.81. The SMILES string of the molecule is Cc1nnc2ccc(N3CC(N(C)CCn4ccccc4=O)C3)nn12. The molecule has 1 fully saturated rings. The summed E-state index contributed by atoms with van der Waals surface area (Å²) in [6.45, 7) is 5.31. The Bertz CT molecular complexity index is 941. The predicted octanol–water partition coefficient (Wildman–Crippen LogP) is 0.415. The number of aryl methyl sites for hydroxylation is 1. The molecular formula is C17H21N7O. The highest BCUT2D eigenvalue weighted by atomic mass is 16.1. The molecule has 0 unspecified atom stereocenters. The van der Waals surface area contributed by atoms with E-state index in [1.807, 2.05) is 31.3 Å². The van der Waals surface area contributed by atoms with Crippen molar-refractivity contribution in [3.05, 3.63) is 52.7 Å². The fourth-order valence-electron chi connectivity index (χ4n) is 3.07. The molecule has 0 saturated carbocycles. The van der Waals surface area contributed by atoms with Crippen LogP contribution in [0.2, 0.25) is 0 Å². The lowest BCUT2D eigenvalue weighted by atomic mass is 10.1. The standard InChI is InChI=1S/C17H21N7O/c1-13-18-19-15-6-7-16(20-24(13)15)23-11-14(12-23)21(2)9-10-22-8-4-3-5-17(22)25/h3-8,14H,9-12H2,1-2H3. The molecule has 130 valence electrons. The van der Waals surface area contributed by atoms with Gasteiger partial charge in [-0.15, -0.1) is 15.3 Å². The van der Waals surface area contributed by atoms with E-state index >= 15 is 0 Å². The quantitative estimate of drug-likeness (QED) is 0.671. The Morgan fingerprint density at radius 2 is 2.04 bits per heavy atom. The third-order valence-electron chi connectivity index (χ3n) is 4.81. The maximum Gasteiger partial charge on any atom is 0.250 e. The van der Waals surface area contributed by atoms with Crippen LogP contribution < -0.4 is 10.5 Å². The van der Waals surface area contributed by atoms with E-state index < -0.39 is 0 Å². The van der Waals surface area contributed by atoms with E-state index in [0.717, 1.165) is 36.9 Å². The van der Waals surface area contributed by atoms with Gasteiger partial charge >= 0.3 is 0 Å². The van der Waals surface area contributed by atoms with Gasteiger partial charge in [-0.25, -0.2) is 0 Å². The molecule has 0 amide bonds. The van der Waals surface area contributed by atoms with Crippen LogP contribution in [0.1, 0.15) is 5.82 Å². The minimum Gasteiger partial charge on any atom is -0.352 e. The van der Waals surface area contributed by atoms with Gasteiger partial charge in [-0.05, 0) is 32.2 Å². The van der Waals surface area contributed by atoms with Crippen molar-refractivity contribution in [2.24, 2.45) is 0 Å². The Balaban J connectivity index is 1.35. The van der Waals surface area contributed by atoms with Gasteiger partial charge in [0.2, 0.25) is 0 Å². The van der Waals surface area contributed by atoms with E-state index in [1.165, 1.54) is 0 Å². The van der Waals surface area contributed by atoms with Gasteiger partial charge in [-0.2, -0.15) is 4.52 Å². The molecule has 3 aromatic heterocycles. The zero-order chi connectivity index (χ0) is 17.4. The average molecular weight is 339 g/mol. The molecule has 4 heterocycles. The zero-order valence-corrected chi connectivity index (χ0v) is 14.4. The largest absolute Gasteiger partial charge is 0.352 e. The normalized spacial score (nSPS) is 15.1. The maximum absolute atomic E-state index is 11.7. The number of fused-ring (bicyclic) bond motifs is 1. The van der Waals surface area contributed by atoms with Gasteiger partial charge in [0, 0.05) is 44.5 Å². The Morgan fingerprint density at radius 3 is 2.84 bits per heavy atom. The number of hydrogen-bond donors (Lipinski definition) is 0. The third kappa shape index (κ3) is 3.00. The van der Waals surface area contributed by atoms with Crippen molar-refractivity contribution in [2.75, 3.05) is 31.6 Å². The first-order valence-corrected chi connectivity index (χ1v) is 8.41. The molecule has 8 nitrogen and oxygen atoms in total. The maximum atomic E-state index is 11.7. The second-order valence-electron chi connectivity index (χ2n) is 6.48. The van der Waals surface area contributed by atoms with Gasteiger partial charge in [0.25, 0.3) is 5.56 Å². The highest BCUT2D eigenvalue weighted by Crippen LogP contribution is 2.21. The number of rotatable bonds is 5. The minimum absolute atomic E-state index is 0.0490.